The van der Waals surface area contributed by atoms with Crippen LogP contribution in [0.3, 0.4) is 0 Å². The summed E-state index contributed by atoms with van der Waals surface area (Å²) in [5, 5.41) is 22.9. The van der Waals surface area contributed by atoms with Gasteiger partial charge in [-0.05, 0) is 74.7 Å². The molecule has 3 heterocycles. The summed E-state index contributed by atoms with van der Waals surface area (Å²) in [6.07, 6.45) is 1.89. The van der Waals surface area contributed by atoms with Gasteiger partial charge in [0.15, 0.2) is 0 Å². The molecule has 0 bridgehead atoms. The van der Waals surface area contributed by atoms with Gasteiger partial charge in [0.2, 0.25) is 5.91 Å². The summed E-state index contributed by atoms with van der Waals surface area (Å²) < 4.78 is 1.95. The van der Waals surface area contributed by atoms with Crippen molar-refractivity contribution in [1.29, 1.82) is 0 Å². The minimum atomic E-state index is -0.224. The second kappa shape index (κ2) is 9.52. The fraction of sp³-hybridized carbons (Fsp3) is 0.480. The van der Waals surface area contributed by atoms with Crippen LogP contribution in [0.5, 0.6) is 0 Å². The van der Waals surface area contributed by atoms with E-state index in [0.717, 1.165) is 52.3 Å². The number of amides is 1. The lowest BCUT2D eigenvalue weighted by Gasteiger charge is -2.42. The van der Waals surface area contributed by atoms with E-state index in [2.05, 4.69) is 40.4 Å². The van der Waals surface area contributed by atoms with Gasteiger partial charge in [-0.2, -0.15) is 0 Å². The normalized spacial score (nSPS) is 21.9. The molecule has 1 amide bonds. The smallest absolute Gasteiger partial charge is 0.240 e. The lowest BCUT2D eigenvalue weighted by molar-refractivity contribution is -0.136. The number of aromatic nitrogens is 3. The van der Waals surface area contributed by atoms with Gasteiger partial charge in [-0.1, -0.05) is 22.9 Å². The molecule has 5 rings (SSSR count). The topological polar surface area (TPSA) is 86.5 Å². The maximum Gasteiger partial charge on any atom is 0.240 e. The van der Waals surface area contributed by atoms with Gasteiger partial charge in [0.25, 0.3) is 0 Å². The molecule has 3 atom stereocenters. The molecule has 0 saturated carbocycles. The molecule has 180 valence electrons. The monoisotopic (exact) mass is 482 g/mol. The van der Waals surface area contributed by atoms with Crippen molar-refractivity contribution >= 4 is 34.2 Å². The number of aryl methyl sites for hydroxylation is 1. The van der Waals surface area contributed by atoms with Crippen LogP contribution in [0.4, 0.5) is 5.69 Å². The zero-order chi connectivity index (χ0) is 23.8. The first-order valence-electron chi connectivity index (χ1n) is 12.0. The Morgan fingerprint density at radius 1 is 1.26 bits per heavy atom. The van der Waals surface area contributed by atoms with E-state index in [1.165, 1.54) is 0 Å². The third-order valence-electron chi connectivity index (χ3n) is 7.20. The number of carbonyl (C=O) groups is 1. The molecule has 8 nitrogen and oxygen atoms in total. The number of aliphatic hydroxyl groups excluding tert-OH is 1. The van der Waals surface area contributed by atoms with Crippen molar-refractivity contribution in [3.63, 3.8) is 0 Å². The van der Waals surface area contributed by atoms with Crippen LogP contribution in [0.15, 0.2) is 36.4 Å². The number of hydrogen-bond donors (Lipinski definition) is 2. The van der Waals surface area contributed by atoms with Crippen molar-refractivity contribution < 1.29 is 9.90 Å². The lowest BCUT2D eigenvalue weighted by Crippen LogP contribution is -2.59. The number of piperazine rings is 1. The van der Waals surface area contributed by atoms with Crippen LogP contribution in [-0.4, -0.2) is 75.8 Å². The summed E-state index contributed by atoms with van der Waals surface area (Å²) in [7, 11) is 0. The van der Waals surface area contributed by atoms with Crippen LogP contribution in [-0.2, 0) is 4.79 Å². The highest BCUT2D eigenvalue weighted by atomic mass is 35.5. The van der Waals surface area contributed by atoms with Crippen LogP contribution in [0.25, 0.3) is 11.0 Å². The summed E-state index contributed by atoms with van der Waals surface area (Å²) in [4.78, 5) is 17.1. The van der Waals surface area contributed by atoms with Crippen LogP contribution in [0.2, 0.25) is 5.02 Å². The number of aliphatic hydroxyl groups is 1. The molecule has 2 saturated heterocycles. The minimum Gasteiger partial charge on any atom is -0.394 e. The first-order chi connectivity index (χ1) is 16.5. The highest BCUT2D eigenvalue weighted by molar-refractivity contribution is 6.30. The van der Waals surface area contributed by atoms with Crippen molar-refractivity contribution in [3.05, 3.63) is 52.5 Å². The molecule has 9 heteroatoms. The molecular formula is C25H31ClN6O2. The maximum atomic E-state index is 13.0. The van der Waals surface area contributed by atoms with E-state index in [1.54, 1.807) is 0 Å². The van der Waals surface area contributed by atoms with Crippen LogP contribution >= 0.6 is 11.6 Å². The number of hydrogen-bond acceptors (Lipinski definition) is 6. The van der Waals surface area contributed by atoms with Crippen molar-refractivity contribution in [2.24, 2.45) is 0 Å². The van der Waals surface area contributed by atoms with E-state index in [4.69, 9.17) is 11.6 Å². The zero-order valence-electron chi connectivity index (χ0n) is 19.6. The van der Waals surface area contributed by atoms with Crippen molar-refractivity contribution in [2.75, 3.05) is 37.7 Å². The van der Waals surface area contributed by atoms with E-state index in [1.807, 2.05) is 39.9 Å². The quantitative estimate of drug-likeness (QED) is 0.581. The summed E-state index contributed by atoms with van der Waals surface area (Å²) in [6, 6.07) is 11.7. The van der Waals surface area contributed by atoms with Crippen LogP contribution in [0.1, 0.15) is 36.9 Å². The molecule has 34 heavy (non-hydrogen) atoms. The molecule has 1 aromatic heterocycles. The average molecular weight is 483 g/mol. The molecule has 2 aliphatic rings. The van der Waals surface area contributed by atoms with Crippen LogP contribution in [0, 0.1) is 6.92 Å². The molecule has 2 aliphatic heterocycles. The fourth-order valence-electron chi connectivity index (χ4n) is 5.28. The number of nitrogens with zero attached hydrogens (tertiary/aromatic N) is 5. The largest absolute Gasteiger partial charge is 0.394 e. The van der Waals surface area contributed by atoms with Gasteiger partial charge >= 0.3 is 0 Å². The number of carbonyl (C=O) groups excluding carboxylic acids is 1. The second-order valence-corrected chi connectivity index (χ2v) is 9.78. The number of benzene rings is 2. The molecule has 3 aromatic rings. The minimum absolute atomic E-state index is 0.00362. The highest BCUT2D eigenvalue weighted by Crippen LogP contribution is 2.29. The third-order valence-corrected chi connectivity index (χ3v) is 7.44. The standard InChI is InChI=1S/C25H31ClN6O2/c1-16-12-18(26)5-7-21(16)17(2)32-24-13-19(6-8-22(24)28-29-32)30-10-11-31(20(14-30)15-33)25(34)23-4-3-9-27-23/h5-8,12-13,17,20,23,27,33H,3-4,9-11,14-15H2,1-2H3/t17?,20-,23+/m0/s1. The van der Waals surface area contributed by atoms with Gasteiger partial charge in [-0.3, -0.25) is 4.79 Å². The second-order valence-electron chi connectivity index (χ2n) is 9.35. The Labute approximate surface area is 204 Å². The summed E-state index contributed by atoms with van der Waals surface area (Å²) in [5.41, 5.74) is 5.09. The van der Waals surface area contributed by atoms with Crippen molar-refractivity contribution in [3.8, 4) is 0 Å². The molecular weight excluding hydrogens is 452 g/mol. The van der Waals surface area contributed by atoms with E-state index in [-0.39, 0.29) is 30.6 Å². The Morgan fingerprint density at radius 2 is 2.12 bits per heavy atom. The molecule has 0 aliphatic carbocycles. The Hall–Kier alpha value is -2.68. The fourth-order valence-corrected chi connectivity index (χ4v) is 5.51. The first kappa shape index (κ1) is 23.1. The predicted octanol–water partition coefficient (Wildman–Crippen LogP) is 2.76. The van der Waals surface area contributed by atoms with E-state index >= 15 is 0 Å². The summed E-state index contributed by atoms with van der Waals surface area (Å²) in [6.45, 7) is 6.90. The molecule has 1 unspecified atom stereocenters. The number of nitrogens with one attached hydrogen (secondary N) is 1. The molecule has 0 radical (unpaired) electrons. The van der Waals surface area contributed by atoms with Gasteiger partial charge < -0.3 is 20.2 Å². The molecule has 2 N–H and O–H groups in total. The Bertz CT molecular complexity index is 1190. The van der Waals surface area contributed by atoms with E-state index < -0.39 is 0 Å². The lowest BCUT2D eigenvalue weighted by atomic mass is 10.0. The molecule has 0 spiro atoms. The average Bonchev–Trinajstić information content (AvgIpc) is 3.53. The summed E-state index contributed by atoms with van der Waals surface area (Å²) in [5.74, 6) is 0.112. The van der Waals surface area contributed by atoms with Gasteiger partial charge in [0.1, 0.15) is 5.52 Å². The number of rotatable bonds is 5. The van der Waals surface area contributed by atoms with E-state index in [9.17, 15) is 9.90 Å². The van der Waals surface area contributed by atoms with Gasteiger partial charge in [0, 0.05) is 30.3 Å². The Balaban J connectivity index is 1.39. The third kappa shape index (κ3) is 4.26. The maximum absolute atomic E-state index is 13.0. The van der Waals surface area contributed by atoms with Gasteiger partial charge in [-0.25, -0.2) is 4.68 Å². The predicted molar refractivity (Wildman–Crippen MR) is 133 cm³/mol. The SMILES string of the molecule is Cc1cc(Cl)ccc1C(C)n1nnc2ccc(N3CCN(C(=O)[C@H]4CCCN4)[C@H](CO)C3)cc21. The van der Waals surface area contributed by atoms with Gasteiger partial charge in [-0.15, -0.1) is 5.10 Å². The Kier molecular flexibility index (Phi) is 6.46. The highest BCUT2D eigenvalue weighted by Gasteiger charge is 2.35. The van der Waals surface area contributed by atoms with Crippen molar-refractivity contribution in [2.45, 2.75) is 44.8 Å². The zero-order valence-corrected chi connectivity index (χ0v) is 20.4. The van der Waals surface area contributed by atoms with Crippen molar-refractivity contribution in [1.82, 2.24) is 25.2 Å². The number of halogens is 1. The van der Waals surface area contributed by atoms with Gasteiger partial charge in [0.05, 0.1) is 30.2 Å². The Morgan fingerprint density at radius 3 is 2.85 bits per heavy atom. The number of fused-ring (bicyclic) bond motifs is 1. The first-order valence-corrected chi connectivity index (χ1v) is 12.3. The summed E-state index contributed by atoms with van der Waals surface area (Å²) >= 11 is 6.15. The number of anilines is 1. The van der Waals surface area contributed by atoms with Crippen LogP contribution < -0.4 is 10.2 Å². The molecule has 2 aromatic carbocycles. The van der Waals surface area contributed by atoms with E-state index in [0.29, 0.717) is 19.6 Å². The molecule has 2 fully saturated rings.